The second-order valence-corrected chi connectivity index (χ2v) is 8.26. The van der Waals surface area contributed by atoms with E-state index in [-0.39, 0.29) is 17.6 Å². The molecule has 2 aromatic heterocycles. The van der Waals surface area contributed by atoms with E-state index in [0.29, 0.717) is 23.1 Å². The quantitative estimate of drug-likeness (QED) is 0.672. The fourth-order valence-electron chi connectivity index (χ4n) is 3.84. The van der Waals surface area contributed by atoms with E-state index < -0.39 is 0 Å². The summed E-state index contributed by atoms with van der Waals surface area (Å²) in [7, 11) is 0. The molecule has 0 aliphatic carbocycles. The van der Waals surface area contributed by atoms with Gasteiger partial charge in [-0.2, -0.15) is 4.98 Å². The Morgan fingerprint density at radius 2 is 2.03 bits per heavy atom. The highest BCUT2D eigenvalue weighted by Crippen LogP contribution is 2.30. The maximum atomic E-state index is 12.5. The van der Waals surface area contributed by atoms with Gasteiger partial charge < -0.3 is 15.2 Å². The van der Waals surface area contributed by atoms with Crippen LogP contribution in [0.5, 0.6) is 0 Å². The summed E-state index contributed by atoms with van der Waals surface area (Å²) in [6.45, 7) is 7.87. The van der Waals surface area contributed by atoms with E-state index in [2.05, 4.69) is 68.8 Å². The van der Waals surface area contributed by atoms with Gasteiger partial charge in [0, 0.05) is 24.7 Å². The molecule has 1 aromatic carbocycles. The van der Waals surface area contributed by atoms with Crippen LogP contribution in [0.15, 0.2) is 53.2 Å². The van der Waals surface area contributed by atoms with Crippen molar-refractivity contribution >= 4 is 11.7 Å². The van der Waals surface area contributed by atoms with Crippen molar-refractivity contribution in [1.29, 1.82) is 0 Å². The van der Waals surface area contributed by atoms with Gasteiger partial charge in [-0.05, 0) is 44.9 Å². The molecule has 1 fully saturated rings. The fraction of sp³-hybridized carbons (Fsp3) is 0.364. The molecule has 3 aromatic rings. The highest BCUT2D eigenvalue weighted by Gasteiger charge is 2.38. The summed E-state index contributed by atoms with van der Waals surface area (Å²) < 4.78 is 5.10. The summed E-state index contributed by atoms with van der Waals surface area (Å²) in [6.07, 6.45) is 2.47. The molecule has 1 saturated heterocycles. The third-order valence-electron chi connectivity index (χ3n) is 5.36. The average Bonchev–Trinajstić information content (AvgIpc) is 3.25. The predicted octanol–water partition coefficient (Wildman–Crippen LogP) is 3.61. The third kappa shape index (κ3) is 4.65. The number of aromatic nitrogens is 3. The molecule has 4 rings (SSSR count). The number of benzene rings is 1. The van der Waals surface area contributed by atoms with Gasteiger partial charge >= 0.3 is 6.03 Å². The Labute approximate surface area is 175 Å². The summed E-state index contributed by atoms with van der Waals surface area (Å²) in [4.78, 5) is 23.3. The second kappa shape index (κ2) is 8.23. The largest absolute Gasteiger partial charge is 0.334 e. The molecule has 8 nitrogen and oxygen atoms in total. The first kappa shape index (κ1) is 20.0. The Hall–Kier alpha value is -3.26. The van der Waals surface area contributed by atoms with Crippen molar-refractivity contribution in [2.24, 2.45) is 0 Å². The lowest BCUT2D eigenvalue weighted by molar-refractivity contribution is 0.166. The van der Waals surface area contributed by atoms with Gasteiger partial charge in [0.15, 0.2) is 5.82 Å². The molecule has 2 amide bonds. The minimum atomic E-state index is -0.236. The lowest BCUT2D eigenvalue weighted by atomic mass is 10.00. The van der Waals surface area contributed by atoms with Crippen LogP contribution in [0, 0.1) is 6.92 Å². The zero-order chi connectivity index (χ0) is 21.1. The van der Waals surface area contributed by atoms with Gasteiger partial charge in [0.2, 0.25) is 0 Å². The first-order valence-electron chi connectivity index (χ1n) is 10.0. The smallest absolute Gasteiger partial charge is 0.319 e. The molecule has 2 N–H and O–H groups in total. The standard InChI is InChI=1S/C22H26N6O2/c1-15-24-20(30-27-15)19-10-9-17(12-23-19)25-21(29)26-18-11-22(2,3)28(14-18)13-16-7-5-4-6-8-16/h4-10,12,18H,11,13-14H2,1-3H3,(H2,25,26,29). The number of nitrogens with zero attached hydrogens (tertiary/aromatic N) is 4. The van der Waals surface area contributed by atoms with Crippen molar-refractivity contribution in [2.75, 3.05) is 11.9 Å². The molecule has 1 aliphatic heterocycles. The van der Waals surface area contributed by atoms with Gasteiger partial charge in [0.1, 0.15) is 5.69 Å². The van der Waals surface area contributed by atoms with Gasteiger partial charge in [0.25, 0.3) is 5.89 Å². The maximum absolute atomic E-state index is 12.5. The van der Waals surface area contributed by atoms with E-state index in [1.807, 2.05) is 6.07 Å². The van der Waals surface area contributed by atoms with E-state index in [9.17, 15) is 4.79 Å². The monoisotopic (exact) mass is 406 g/mol. The van der Waals surface area contributed by atoms with Gasteiger partial charge in [-0.15, -0.1) is 0 Å². The Kier molecular flexibility index (Phi) is 5.50. The van der Waals surface area contributed by atoms with Crippen LogP contribution in [-0.2, 0) is 6.54 Å². The number of nitrogens with one attached hydrogen (secondary N) is 2. The van der Waals surface area contributed by atoms with Crippen LogP contribution in [0.25, 0.3) is 11.6 Å². The second-order valence-electron chi connectivity index (χ2n) is 8.26. The Morgan fingerprint density at radius 3 is 2.70 bits per heavy atom. The lowest BCUT2D eigenvalue weighted by Crippen LogP contribution is -2.39. The van der Waals surface area contributed by atoms with Crippen molar-refractivity contribution in [2.45, 2.75) is 45.3 Å². The lowest BCUT2D eigenvalue weighted by Gasteiger charge is -2.31. The molecule has 0 saturated carbocycles. The number of likely N-dealkylation sites (tertiary alicyclic amines) is 1. The maximum Gasteiger partial charge on any atom is 0.319 e. The number of amides is 2. The topological polar surface area (TPSA) is 96.2 Å². The summed E-state index contributed by atoms with van der Waals surface area (Å²) in [5.41, 5.74) is 2.46. The van der Waals surface area contributed by atoms with Crippen molar-refractivity contribution in [3.05, 3.63) is 60.0 Å². The van der Waals surface area contributed by atoms with Crippen molar-refractivity contribution in [3.63, 3.8) is 0 Å². The van der Waals surface area contributed by atoms with Crippen LogP contribution in [0.4, 0.5) is 10.5 Å². The zero-order valence-corrected chi connectivity index (χ0v) is 17.4. The molecule has 0 radical (unpaired) electrons. The van der Waals surface area contributed by atoms with Crippen LogP contribution in [-0.4, -0.2) is 44.2 Å². The minimum Gasteiger partial charge on any atom is -0.334 e. The van der Waals surface area contributed by atoms with Crippen molar-refractivity contribution < 1.29 is 9.32 Å². The van der Waals surface area contributed by atoms with Crippen LogP contribution in [0.3, 0.4) is 0 Å². The van der Waals surface area contributed by atoms with E-state index in [0.717, 1.165) is 19.5 Å². The molecule has 156 valence electrons. The molecular weight excluding hydrogens is 380 g/mol. The van der Waals surface area contributed by atoms with E-state index in [1.54, 1.807) is 25.3 Å². The number of carbonyl (C=O) groups excluding carboxylic acids is 1. The van der Waals surface area contributed by atoms with E-state index >= 15 is 0 Å². The molecule has 8 heteroatoms. The molecule has 30 heavy (non-hydrogen) atoms. The molecule has 0 bridgehead atoms. The van der Waals surface area contributed by atoms with Crippen molar-refractivity contribution in [1.82, 2.24) is 25.3 Å². The number of carbonyl (C=O) groups is 1. The Balaban J connectivity index is 1.33. The summed E-state index contributed by atoms with van der Waals surface area (Å²) in [6, 6.07) is 13.8. The van der Waals surface area contributed by atoms with Crippen LogP contribution in [0.2, 0.25) is 0 Å². The number of aryl methyl sites for hydroxylation is 1. The molecule has 1 aliphatic rings. The SMILES string of the molecule is Cc1noc(-c2ccc(NC(=O)NC3CN(Cc4ccccc4)C(C)(C)C3)cn2)n1. The summed E-state index contributed by atoms with van der Waals surface area (Å²) in [5.74, 6) is 0.907. The normalized spacial score (nSPS) is 18.3. The van der Waals surface area contributed by atoms with Crippen LogP contribution in [0.1, 0.15) is 31.7 Å². The van der Waals surface area contributed by atoms with Gasteiger partial charge in [0.05, 0.1) is 11.9 Å². The first-order valence-corrected chi connectivity index (χ1v) is 10.0. The van der Waals surface area contributed by atoms with Gasteiger partial charge in [-0.25, -0.2) is 9.78 Å². The van der Waals surface area contributed by atoms with Crippen LogP contribution < -0.4 is 10.6 Å². The van der Waals surface area contributed by atoms with Gasteiger partial charge in [-0.1, -0.05) is 35.5 Å². The molecule has 1 atom stereocenters. The van der Waals surface area contributed by atoms with Gasteiger partial charge in [-0.3, -0.25) is 4.90 Å². The summed E-state index contributed by atoms with van der Waals surface area (Å²) >= 11 is 0. The highest BCUT2D eigenvalue weighted by atomic mass is 16.5. The molecule has 0 spiro atoms. The van der Waals surface area contributed by atoms with E-state index in [4.69, 9.17) is 4.52 Å². The molecule has 1 unspecified atom stereocenters. The van der Waals surface area contributed by atoms with Crippen LogP contribution >= 0.6 is 0 Å². The number of pyridine rings is 1. The van der Waals surface area contributed by atoms with E-state index in [1.165, 1.54) is 5.56 Å². The number of rotatable bonds is 5. The Bertz CT molecular complexity index is 1000. The number of anilines is 1. The third-order valence-corrected chi connectivity index (χ3v) is 5.36. The fourth-order valence-corrected chi connectivity index (χ4v) is 3.84. The minimum absolute atomic E-state index is 0.0131. The zero-order valence-electron chi connectivity index (χ0n) is 17.4. The number of urea groups is 1. The Morgan fingerprint density at radius 1 is 1.23 bits per heavy atom. The molecule has 3 heterocycles. The number of hydrogen-bond acceptors (Lipinski definition) is 6. The predicted molar refractivity (Wildman–Crippen MR) is 114 cm³/mol. The highest BCUT2D eigenvalue weighted by molar-refractivity contribution is 5.89. The van der Waals surface area contributed by atoms with Crippen molar-refractivity contribution in [3.8, 4) is 11.6 Å². The molecular formula is C22H26N6O2. The summed E-state index contributed by atoms with van der Waals surface area (Å²) in [5, 5.41) is 9.69. The average molecular weight is 406 g/mol. The number of hydrogen-bond donors (Lipinski definition) is 2. The first-order chi connectivity index (χ1) is 14.4.